The molecule has 1 saturated heterocycles. The van der Waals surface area contributed by atoms with Gasteiger partial charge in [0.05, 0.1) is 12.7 Å². The standard InChI is InChI=1S/C22H23N3O6/c26-12-18-17(27)10-20(31-18)25-11-16(21(29)24-22(25)30)23-19(28)9-8-14-6-3-5-13-4-1-2-7-15(13)14/h1-7,11,17-18,20,26-27H,8-10,12H2,(H,23,28)(H,24,29,30)/t17-,18+,20+/m0/s1. The lowest BCUT2D eigenvalue weighted by molar-refractivity contribution is -0.116. The maximum absolute atomic E-state index is 12.5. The van der Waals surface area contributed by atoms with Gasteiger partial charge in [-0.2, -0.15) is 0 Å². The number of fused-ring (bicyclic) bond motifs is 1. The number of amides is 1. The Morgan fingerprint density at radius 3 is 2.74 bits per heavy atom. The highest BCUT2D eigenvalue weighted by Crippen LogP contribution is 2.27. The third-order valence-corrected chi connectivity index (χ3v) is 5.44. The van der Waals surface area contributed by atoms with E-state index in [0.717, 1.165) is 20.9 Å². The zero-order chi connectivity index (χ0) is 22.0. The number of nitrogens with one attached hydrogen (secondary N) is 2. The van der Waals surface area contributed by atoms with E-state index in [1.165, 1.54) is 6.20 Å². The summed E-state index contributed by atoms with van der Waals surface area (Å²) < 4.78 is 6.56. The lowest BCUT2D eigenvalue weighted by Gasteiger charge is -2.15. The molecule has 2 aromatic carbocycles. The molecule has 0 unspecified atom stereocenters. The third kappa shape index (κ3) is 4.43. The zero-order valence-corrected chi connectivity index (χ0v) is 16.7. The SMILES string of the molecule is O=C(CCc1cccc2ccccc12)Nc1cn([C@H]2C[C@H](O)[C@@H](CO)O2)c(=O)[nH]c1=O. The number of benzene rings is 2. The van der Waals surface area contributed by atoms with Crippen molar-refractivity contribution >= 4 is 22.4 Å². The number of ether oxygens (including phenoxy) is 1. The normalized spacial score (nSPS) is 20.8. The number of nitrogens with zero attached hydrogens (tertiary/aromatic N) is 1. The molecule has 162 valence electrons. The van der Waals surface area contributed by atoms with Crippen molar-refractivity contribution in [2.45, 2.75) is 37.7 Å². The summed E-state index contributed by atoms with van der Waals surface area (Å²) in [6.07, 6.45) is -0.698. The summed E-state index contributed by atoms with van der Waals surface area (Å²) in [5.74, 6) is -0.371. The van der Waals surface area contributed by atoms with Crippen LogP contribution in [0.3, 0.4) is 0 Å². The summed E-state index contributed by atoms with van der Waals surface area (Å²) in [7, 11) is 0. The van der Waals surface area contributed by atoms with E-state index in [0.29, 0.717) is 6.42 Å². The maximum atomic E-state index is 12.5. The van der Waals surface area contributed by atoms with Gasteiger partial charge in [-0.3, -0.25) is 19.1 Å². The van der Waals surface area contributed by atoms with Gasteiger partial charge in [0.1, 0.15) is 18.0 Å². The fraction of sp³-hybridized carbons (Fsp3) is 0.318. The number of H-pyrrole nitrogens is 1. The Hall–Kier alpha value is -3.27. The van der Waals surface area contributed by atoms with Crippen LogP contribution in [0.15, 0.2) is 58.3 Å². The molecule has 4 N–H and O–H groups in total. The Bertz CT molecular complexity index is 1210. The first-order valence-corrected chi connectivity index (χ1v) is 10.0. The third-order valence-electron chi connectivity index (χ3n) is 5.44. The first-order chi connectivity index (χ1) is 15.0. The van der Waals surface area contributed by atoms with E-state index < -0.39 is 36.3 Å². The molecule has 0 saturated carbocycles. The van der Waals surface area contributed by atoms with E-state index in [4.69, 9.17) is 4.74 Å². The number of hydrogen-bond acceptors (Lipinski definition) is 6. The van der Waals surface area contributed by atoms with Gasteiger partial charge in [-0.05, 0) is 22.8 Å². The second kappa shape index (κ2) is 8.84. The number of hydrogen-bond donors (Lipinski definition) is 4. The van der Waals surface area contributed by atoms with E-state index in [9.17, 15) is 24.6 Å². The van der Waals surface area contributed by atoms with Crippen LogP contribution in [0.25, 0.3) is 10.8 Å². The fourth-order valence-electron chi connectivity index (χ4n) is 3.81. The Morgan fingerprint density at radius 2 is 1.97 bits per heavy atom. The van der Waals surface area contributed by atoms with Crippen LogP contribution in [0.4, 0.5) is 5.69 Å². The van der Waals surface area contributed by atoms with Crippen LogP contribution in [0.1, 0.15) is 24.6 Å². The average Bonchev–Trinajstić information content (AvgIpc) is 3.14. The molecule has 1 amide bonds. The molecule has 0 radical (unpaired) electrons. The number of aliphatic hydroxyl groups is 2. The molecular formula is C22H23N3O6. The first kappa shape index (κ1) is 21.0. The Labute approximate surface area is 176 Å². The highest BCUT2D eigenvalue weighted by atomic mass is 16.5. The molecule has 1 aromatic heterocycles. The van der Waals surface area contributed by atoms with Crippen molar-refractivity contribution in [1.29, 1.82) is 0 Å². The summed E-state index contributed by atoms with van der Waals surface area (Å²) >= 11 is 0. The van der Waals surface area contributed by atoms with Crippen LogP contribution in [0.5, 0.6) is 0 Å². The van der Waals surface area contributed by atoms with Gasteiger partial charge in [-0.15, -0.1) is 0 Å². The van der Waals surface area contributed by atoms with Crippen LogP contribution in [-0.4, -0.2) is 44.5 Å². The minimum absolute atomic E-state index is 0.0750. The smallest absolute Gasteiger partial charge is 0.330 e. The van der Waals surface area contributed by atoms with E-state index in [1.54, 1.807) is 0 Å². The number of aliphatic hydroxyl groups excluding tert-OH is 2. The van der Waals surface area contributed by atoms with Gasteiger partial charge < -0.3 is 20.3 Å². The topological polar surface area (TPSA) is 134 Å². The molecule has 0 spiro atoms. The van der Waals surface area contributed by atoms with E-state index in [1.807, 2.05) is 42.5 Å². The van der Waals surface area contributed by atoms with E-state index in [-0.39, 0.29) is 24.4 Å². The van der Waals surface area contributed by atoms with Crippen LogP contribution in [-0.2, 0) is 16.0 Å². The second-order valence-electron chi connectivity index (χ2n) is 7.51. The van der Waals surface area contributed by atoms with E-state index >= 15 is 0 Å². The number of aromatic nitrogens is 2. The Balaban J connectivity index is 1.48. The number of anilines is 1. The lowest BCUT2D eigenvalue weighted by Crippen LogP contribution is -2.34. The van der Waals surface area contributed by atoms with Crippen molar-refractivity contribution in [2.24, 2.45) is 0 Å². The lowest BCUT2D eigenvalue weighted by atomic mass is 10.0. The number of carbonyl (C=O) groups excluding carboxylic acids is 1. The van der Waals surface area contributed by atoms with Crippen LogP contribution in [0, 0.1) is 0 Å². The van der Waals surface area contributed by atoms with Gasteiger partial charge in [0.2, 0.25) is 5.91 Å². The Morgan fingerprint density at radius 1 is 1.19 bits per heavy atom. The van der Waals surface area contributed by atoms with Gasteiger partial charge in [0.15, 0.2) is 0 Å². The molecule has 2 heterocycles. The van der Waals surface area contributed by atoms with Crippen molar-refractivity contribution < 1.29 is 19.7 Å². The first-order valence-electron chi connectivity index (χ1n) is 10.0. The number of aromatic amines is 1. The maximum Gasteiger partial charge on any atom is 0.330 e. The zero-order valence-electron chi connectivity index (χ0n) is 16.7. The van der Waals surface area contributed by atoms with E-state index in [2.05, 4.69) is 10.3 Å². The molecule has 3 aromatic rings. The van der Waals surface area contributed by atoms with Gasteiger partial charge in [0, 0.05) is 19.0 Å². The molecule has 9 nitrogen and oxygen atoms in total. The molecule has 4 rings (SSSR count). The summed E-state index contributed by atoms with van der Waals surface area (Å²) in [6, 6.07) is 13.8. The van der Waals surface area contributed by atoms with Crippen molar-refractivity contribution in [3.8, 4) is 0 Å². The minimum atomic E-state index is -0.937. The average molecular weight is 425 g/mol. The fourth-order valence-corrected chi connectivity index (χ4v) is 3.81. The minimum Gasteiger partial charge on any atom is -0.394 e. The summed E-state index contributed by atoms with van der Waals surface area (Å²) in [4.78, 5) is 39.0. The number of carbonyl (C=O) groups is 1. The highest BCUT2D eigenvalue weighted by Gasteiger charge is 2.35. The molecule has 3 atom stereocenters. The highest BCUT2D eigenvalue weighted by molar-refractivity contribution is 5.91. The van der Waals surface area contributed by atoms with Crippen LogP contribution in [0.2, 0.25) is 0 Å². The van der Waals surface area contributed by atoms with Crippen molar-refractivity contribution in [3.63, 3.8) is 0 Å². The van der Waals surface area contributed by atoms with Crippen molar-refractivity contribution in [2.75, 3.05) is 11.9 Å². The van der Waals surface area contributed by atoms with Crippen molar-refractivity contribution in [3.05, 3.63) is 75.1 Å². The van der Waals surface area contributed by atoms with Crippen LogP contribution >= 0.6 is 0 Å². The molecule has 1 aliphatic rings. The van der Waals surface area contributed by atoms with Gasteiger partial charge >= 0.3 is 5.69 Å². The second-order valence-corrected chi connectivity index (χ2v) is 7.51. The Kier molecular flexibility index (Phi) is 5.99. The van der Waals surface area contributed by atoms with Gasteiger partial charge in [-0.25, -0.2) is 4.79 Å². The monoisotopic (exact) mass is 425 g/mol. The number of aryl methyl sites for hydroxylation is 1. The van der Waals surface area contributed by atoms with Gasteiger partial charge in [-0.1, -0.05) is 42.5 Å². The summed E-state index contributed by atoms with van der Waals surface area (Å²) in [5.41, 5.74) is -0.518. The molecule has 1 fully saturated rings. The predicted octanol–water partition coefficient (Wildman–Crippen LogP) is 0.902. The number of rotatable bonds is 6. The molecule has 0 bridgehead atoms. The molecule has 31 heavy (non-hydrogen) atoms. The quantitative estimate of drug-likeness (QED) is 0.464. The molecule has 0 aliphatic carbocycles. The largest absolute Gasteiger partial charge is 0.394 e. The van der Waals surface area contributed by atoms with Gasteiger partial charge in [0.25, 0.3) is 5.56 Å². The van der Waals surface area contributed by atoms with Crippen molar-refractivity contribution in [1.82, 2.24) is 9.55 Å². The van der Waals surface area contributed by atoms with Crippen LogP contribution < -0.4 is 16.6 Å². The molecule has 9 heteroatoms. The molecular weight excluding hydrogens is 402 g/mol. The summed E-state index contributed by atoms with van der Waals surface area (Å²) in [5, 5.41) is 23.8. The molecule has 1 aliphatic heterocycles. The predicted molar refractivity (Wildman–Crippen MR) is 114 cm³/mol. The summed E-state index contributed by atoms with van der Waals surface area (Å²) in [6.45, 7) is -0.395.